The van der Waals surface area contributed by atoms with Crippen LogP contribution in [0.2, 0.25) is 10.0 Å². The number of hydrogen-bond acceptors (Lipinski definition) is 2. The molecule has 0 aliphatic heterocycles. The van der Waals surface area contributed by atoms with Gasteiger partial charge >= 0.3 is 6.92 Å². The first-order valence-electron chi connectivity index (χ1n) is 6.24. The molecule has 0 radical (unpaired) electrons. The average molecular weight is 330 g/mol. The smallest absolute Gasteiger partial charge is 0.367 e. The molecule has 0 unspecified atom stereocenters. The first kappa shape index (κ1) is 16.2. The van der Waals surface area contributed by atoms with E-state index in [1.165, 1.54) is 36.4 Å². The maximum atomic E-state index is 14.0. The van der Waals surface area contributed by atoms with E-state index in [2.05, 4.69) is 0 Å². The van der Waals surface area contributed by atoms with Crippen molar-refractivity contribution in [3.8, 4) is 0 Å². The van der Waals surface area contributed by atoms with E-state index in [1.807, 2.05) is 0 Å². The van der Waals surface area contributed by atoms with E-state index in [0.717, 1.165) is 0 Å². The predicted molar refractivity (Wildman–Crippen MR) is 82.8 cm³/mol. The minimum Gasteiger partial charge on any atom is -0.425 e. The molecule has 0 atom stereocenters. The van der Waals surface area contributed by atoms with E-state index in [9.17, 15) is 8.78 Å². The first-order valence-corrected chi connectivity index (χ1v) is 7.00. The second kappa shape index (κ2) is 7.23. The number of halogens is 4. The summed E-state index contributed by atoms with van der Waals surface area (Å²) >= 11 is 11.8. The van der Waals surface area contributed by atoms with Crippen molar-refractivity contribution in [2.75, 3.05) is 13.2 Å². The Bertz CT molecular complexity index is 591. The van der Waals surface area contributed by atoms with Crippen molar-refractivity contribution >= 4 is 41.0 Å². The Labute approximate surface area is 131 Å². The highest BCUT2D eigenvalue weighted by Crippen LogP contribution is 2.12. The van der Waals surface area contributed by atoms with Gasteiger partial charge < -0.3 is 10.4 Å². The van der Waals surface area contributed by atoms with Crippen LogP contribution < -0.4 is 16.7 Å². The van der Waals surface area contributed by atoms with Crippen molar-refractivity contribution in [2.24, 2.45) is 5.73 Å². The maximum Gasteiger partial charge on any atom is 0.367 e. The van der Waals surface area contributed by atoms with E-state index in [1.54, 1.807) is 0 Å². The predicted octanol–water partition coefficient (Wildman–Crippen LogP) is 2.35. The monoisotopic (exact) mass is 329 g/mol. The summed E-state index contributed by atoms with van der Waals surface area (Å²) in [4.78, 5) is 0. The topological polar surface area (TPSA) is 35.2 Å². The van der Waals surface area contributed by atoms with Gasteiger partial charge in [-0.2, -0.15) is 0 Å². The quantitative estimate of drug-likeness (QED) is 0.855. The molecule has 2 N–H and O–H groups in total. The molecule has 0 fully saturated rings. The van der Waals surface area contributed by atoms with Crippen LogP contribution >= 0.6 is 23.2 Å². The summed E-state index contributed by atoms with van der Waals surface area (Å²) in [7, 11) is 0. The Kier molecular flexibility index (Phi) is 5.59. The molecule has 7 heteroatoms. The van der Waals surface area contributed by atoms with E-state index in [0.29, 0.717) is 10.0 Å². The molecular formula is C14H12BCl2F2NO. The van der Waals surface area contributed by atoms with Crippen LogP contribution in [-0.2, 0) is 4.65 Å². The minimum atomic E-state index is -0.967. The lowest BCUT2D eigenvalue weighted by molar-refractivity contribution is 0.343. The Morgan fingerprint density at radius 3 is 1.86 bits per heavy atom. The van der Waals surface area contributed by atoms with Gasteiger partial charge in [-0.1, -0.05) is 23.2 Å². The van der Waals surface area contributed by atoms with Crippen LogP contribution in [0.3, 0.4) is 0 Å². The fourth-order valence-electron chi connectivity index (χ4n) is 1.96. The molecule has 0 amide bonds. The summed E-state index contributed by atoms with van der Waals surface area (Å²) in [6, 6.07) is 8.04. The summed E-state index contributed by atoms with van der Waals surface area (Å²) in [6.45, 7) is -0.602. The third kappa shape index (κ3) is 3.95. The minimum absolute atomic E-state index is 0.136. The fraction of sp³-hybridized carbons (Fsp3) is 0.143. The molecule has 0 aliphatic rings. The molecule has 0 aromatic heterocycles. The Morgan fingerprint density at radius 2 is 1.43 bits per heavy atom. The molecule has 0 heterocycles. The van der Waals surface area contributed by atoms with Crippen LogP contribution in [0.15, 0.2) is 36.4 Å². The summed E-state index contributed by atoms with van der Waals surface area (Å²) in [5.74, 6) is -1.08. The van der Waals surface area contributed by atoms with Crippen molar-refractivity contribution < 1.29 is 13.4 Å². The lowest BCUT2D eigenvalue weighted by atomic mass is 9.55. The van der Waals surface area contributed by atoms with Crippen LogP contribution in [0.1, 0.15) is 0 Å². The third-order valence-electron chi connectivity index (χ3n) is 2.88. The van der Waals surface area contributed by atoms with Gasteiger partial charge in [-0.3, -0.25) is 0 Å². The highest BCUT2D eigenvalue weighted by Gasteiger charge is 2.28. The third-order valence-corrected chi connectivity index (χ3v) is 3.35. The van der Waals surface area contributed by atoms with Gasteiger partial charge in [-0.05, 0) is 47.3 Å². The summed E-state index contributed by atoms with van der Waals surface area (Å²) in [5, 5.41) is 0.658. The Balaban J connectivity index is 2.52. The second-order valence-corrected chi connectivity index (χ2v) is 5.24. The van der Waals surface area contributed by atoms with Crippen LogP contribution in [0.5, 0.6) is 0 Å². The lowest BCUT2D eigenvalue weighted by Gasteiger charge is -2.17. The van der Waals surface area contributed by atoms with Gasteiger partial charge in [0.15, 0.2) is 0 Å². The molecule has 0 bridgehead atoms. The van der Waals surface area contributed by atoms with Crippen molar-refractivity contribution in [3.05, 3.63) is 58.1 Å². The van der Waals surface area contributed by atoms with Gasteiger partial charge in [0.1, 0.15) is 11.6 Å². The van der Waals surface area contributed by atoms with Gasteiger partial charge in [-0.15, -0.1) is 0 Å². The standard InChI is InChI=1S/C14H12BCl2F2NO/c16-9-1-3-13(18)11(7-9)15(21-6-5-20)12-8-10(17)2-4-14(12)19/h1-4,7-8H,5-6,20H2. The van der Waals surface area contributed by atoms with Crippen molar-refractivity contribution in [1.29, 1.82) is 0 Å². The van der Waals surface area contributed by atoms with Gasteiger partial charge in [-0.25, -0.2) is 8.78 Å². The Hall–Kier alpha value is -1.14. The van der Waals surface area contributed by atoms with Crippen LogP contribution in [0.25, 0.3) is 0 Å². The van der Waals surface area contributed by atoms with Crippen molar-refractivity contribution in [2.45, 2.75) is 0 Å². The molecule has 0 saturated heterocycles. The molecule has 2 aromatic carbocycles. The maximum absolute atomic E-state index is 14.0. The SMILES string of the molecule is NCCOB(c1cc(Cl)ccc1F)c1cc(Cl)ccc1F. The molecule has 2 nitrogen and oxygen atoms in total. The van der Waals surface area contributed by atoms with Crippen molar-refractivity contribution in [1.82, 2.24) is 0 Å². The normalized spacial score (nSPS) is 10.7. The summed E-state index contributed by atoms with van der Waals surface area (Å²) in [6.07, 6.45) is 0. The molecule has 21 heavy (non-hydrogen) atoms. The van der Waals surface area contributed by atoms with E-state index < -0.39 is 18.6 Å². The number of benzene rings is 2. The van der Waals surface area contributed by atoms with E-state index in [4.69, 9.17) is 33.6 Å². The first-order chi connectivity index (χ1) is 10.0. The van der Waals surface area contributed by atoms with Gasteiger partial charge in [0.2, 0.25) is 0 Å². The Morgan fingerprint density at radius 1 is 0.952 bits per heavy atom. The number of nitrogens with two attached hydrogens (primary N) is 1. The van der Waals surface area contributed by atoms with Crippen LogP contribution in [0, 0.1) is 11.6 Å². The molecular weight excluding hydrogens is 318 g/mol. The van der Waals surface area contributed by atoms with E-state index >= 15 is 0 Å². The van der Waals surface area contributed by atoms with Gasteiger partial charge in [0.05, 0.1) is 0 Å². The highest BCUT2D eigenvalue weighted by molar-refractivity contribution is 6.80. The van der Waals surface area contributed by atoms with Crippen molar-refractivity contribution in [3.63, 3.8) is 0 Å². The second-order valence-electron chi connectivity index (χ2n) is 4.37. The number of rotatable bonds is 5. The van der Waals surface area contributed by atoms with Crippen LogP contribution in [-0.4, -0.2) is 20.1 Å². The average Bonchev–Trinajstić information content (AvgIpc) is 2.46. The van der Waals surface area contributed by atoms with Crippen LogP contribution in [0.4, 0.5) is 8.78 Å². The molecule has 2 rings (SSSR count). The fourth-order valence-corrected chi connectivity index (χ4v) is 2.33. The zero-order valence-corrected chi connectivity index (χ0v) is 12.5. The van der Waals surface area contributed by atoms with Gasteiger partial charge in [0.25, 0.3) is 0 Å². The summed E-state index contributed by atoms with van der Waals surface area (Å²) in [5.41, 5.74) is 5.68. The zero-order valence-electron chi connectivity index (χ0n) is 11.0. The number of hydrogen-bond donors (Lipinski definition) is 1. The summed E-state index contributed by atoms with van der Waals surface area (Å²) < 4.78 is 33.6. The molecule has 2 aromatic rings. The van der Waals surface area contributed by atoms with Gasteiger partial charge in [0, 0.05) is 23.2 Å². The molecule has 0 saturated carbocycles. The lowest BCUT2D eigenvalue weighted by Crippen LogP contribution is -2.48. The molecule has 110 valence electrons. The highest BCUT2D eigenvalue weighted by atomic mass is 35.5. The van der Waals surface area contributed by atoms with E-state index in [-0.39, 0.29) is 24.1 Å². The molecule has 0 aliphatic carbocycles. The zero-order chi connectivity index (χ0) is 15.4. The molecule has 0 spiro atoms. The largest absolute Gasteiger partial charge is 0.425 e.